The third-order valence-corrected chi connectivity index (χ3v) is 3.11. The number of halogens is 1. The van der Waals surface area contributed by atoms with Crippen molar-refractivity contribution >= 4 is 27.9 Å². The largest absolute Gasteiger partial charge is 0.371 e. The van der Waals surface area contributed by atoms with E-state index in [1.54, 1.807) is 0 Å². The summed E-state index contributed by atoms with van der Waals surface area (Å²) in [5.74, 6) is 0. The number of anilines is 1. The number of carbonyl (C=O) groups is 1. The van der Waals surface area contributed by atoms with Crippen LogP contribution in [0, 0.1) is 0 Å². The first kappa shape index (κ1) is 13.2. The molecule has 0 saturated heterocycles. The average molecular weight is 284 g/mol. The predicted octanol–water partition coefficient (Wildman–Crippen LogP) is 3.89. The number of unbranched alkanes of at least 4 members (excludes halogenated alkanes) is 1. The monoisotopic (exact) mass is 283 g/mol. The van der Waals surface area contributed by atoms with Gasteiger partial charge in [-0.2, -0.15) is 0 Å². The summed E-state index contributed by atoms with van der Waals surface area (Å²) < 4.78 is 0.949. The third kappa shape index (κ3) is 3.34. The van der Waals surface area contributed by atoms with Crippen LogP contribution in [0.3, 0.4) is 0 Å². The van der Waals surface area contributed by atoms with Crippen molar-refractivity contribution in [3.05, 3.63) is 28.2 Å². The maximum absolute atomic E-state index is 11.0. The van der Waals surface area contributed by atoms with E-state index in [1.165, 1.54) is 6.42 Å². The Kier molecular flexibility index (Phi) is 5.53. The molecule has 0 spiro atoms. The Balaban J connectivity index is 2.94. The van der Waals surface area contributed by atoms with Gasteiger partial charge >= 0.3 is 0 Å². The molecule has 0 bridgehead atoms. The van der Waals surface area contributed by atoms with Crippen molar-refractivity contribution in [3.63, 3.8) is 0 Å². The van der Waals surface area contributed by atoms with Crippen molar-refractivity contribution in [1.29, 1.82) is 0 Å². The molecular formula is C13H18BrNO. The fourth-order valence-corrected chi connectivity index (χ4v) is 2.08. The molecule has 88 valence electrons. The van der Waals surface area contributed by atoms with E-state index in [4.69, 9.17) is 0 Å². The number of hydrogen-bond donors (Lipinski definition) is 0. The second-order valence-electron chi connectivity index (χ2n) is 3.75. The molecule has 2 nitrogen and oxygen atoms in total. The summed E-state index contributed by atoms with van der Waals surface area (Å²) in [6.07, 6.45) is 3.25. The lowest BCUT2D eigenvalue weighted by Crippen LogP contribution is -2.24. The van der Waals surface area contributed by atoms with Crippen molar-refractivity contribution in [2.45, 2.75) is 26.7 Å². The summed E-state index contributed by atoms with van der Waals surface area (Å²) >= 11 is 3.38. The van der Waals surface area contributed by atoms with Crippen LogP contribution in [0.25, 0.3) is 0 Å². The normalized spacial score (nSPS) is 10.2. The summed E-state index contributed by atoms with van der Waals surface area (Å²) in [7, 11) is 0. The second-order valence-corrected chi connectivity index (χ2v) is 4.67. The molecule has 16 heavy (non-hydrogen) atoms. The number of hydrogen-bond acceptors (Lipinski definition) is 2. The van der Waals surface area contributed by atoms with E-state index in [2.05, 4.69) is 34.7 Å². The van der Waals surface area contributed by atoms with E-state index >= 15 is 0 Å². The van der Waals surface area contributed by atoms with Crippen LogP contribution in [0.2, 0.25) is 0 Å². The highest BCUT2D eigenvalue weighted by Crippen LogP contribution is 2.23. The van der Waals surface area contributed by atoms with Crippen LogP contribution in [-0.2, 0) is 0 Å². The fraction of sp³-hybridized carbons (Fsp3) is 0.462. The Labute approximate surface area is 106 Å². The molecule has 0 saturated carbocycles. The summed E-state index contributed by atoms with van der Waals surface area (Å²) in [6, 6.07) is 5.86. The van der Waals surface area contributed by atoms with Crippen molar-refractivity contribution < 1.29 is 4.79 Å². The minimum Gasteiger partial charge on any atom is -0.371 e. The molecule has 0 aliphatic carbocycles. The molecule has 1 rings (SSSR count). The quantitative estimate of drug-likeness (QED) is 0.739. The molecule has 0 unspecified atom stereocenters. The molecule has 0 heterocycles. The standard InChI is InChI=1S/C13H18BrNO/c1-3-5-8-15(4-2)13-7-6-12(14)9-11(13)10-16/h6-7,9-10H,3-5,8H2,1-2H3. The highest BCUT2D eigenvalue weighted by Gasteiger charge is 2.09. The van der Waals surface area contributed by atoms with Crippen molar-refractivity contribution in [2.24, 2.45) is 0 Å². The van der Waals surface area contributed by atoms with Gasteiger partial charge < -0.3 is 4.90 Å². The first-order valence-corrected chi connectivity index (χ1v) is 6.51. The van der Waals surface area contributed by atoms with Crippen LogP contribution >= 0.6 is 15.9 Å². The first-order valence-electron chi connectivity index (χ1n) is 5.72. The molecule has 1 aromatic carbocycles. The van der Waals surface area contributed by atoms with Crippen LogP contribution in [-0.4, -0.2) is 19.4 Å². The Bertz CT molecular complexity index is 352. The molecule has 0 atom stereocenters. The van der Waals surface area contributed by atoms with E-state index in [1.807, 2.05) is 18.2 Å². The van der Waals surface area contributed by atoms with Crippen LogP contribution in [0.1, 0.15) is 37.0 Å². The predicted molar refractivity (Wildman–Crippen MR) is 72.3 cm³/mol. The van der Waals surface area contributed by atoms with E-state index in [-0.39, 0.29) is 0 Å². The van der Waals surface area contributed by atoms with Gasteiger partial charge in [-0.05, 0) is 31.5 Å². The SMILES string of the molecule is CCCCN(CC)c1ccc(Br)cc1C=O. The molecule has 3 heteroatoms. The molecule has 1 aromatic rings. The van der Waals surface area contributed by atoms with Gasteiger partial charge in [0, 0.05) is 28.8 Å². The Morgan fingerprint density at radius 1 is 1.38 bits per heavy atom. The zero-order chi connectivity index (χ0) is 12.0. The van der Waals surface area contributed by atoms with E-state index in [0.717, 1.165) is 41.5 Å². The number of aldehydes is 1. The third-order valence-electron chi connectivity index (χ3n) is 2.62. The van der Waals surface area contributed by atoms with Gasteiger partial charge in [-0.25, -0.2) is 0 Å². The van der Waals surface area contributed by atoms with Gasteiger partial charge in [-0.15, -0.1) is 0 Å². The van der Waals surface area contributed by atoms with Gasteiger partial charge in [0.15, 0.2) is 6.29 Å². The lowest BCUT2D eigenvalue weighted by atomic mass is 10.1. The van der Waals surface area contributed by atoms with Gasteiger partial charge in [0.25, 0.3) is 0 Å². The van der Waals surface area contributed by atoms with Crippen LogP contribution < -0.4 is 4.90 Å². The van der Waals surface area contributed by atoms with Crippen LogP contribution in [0.5, 0.6) is 0 Å². The molecule has 0 N–H and O–H groups in total. The van der Waals surface area contributed by atoms with Gasteiger partial charge in [-0.3, -0.25) is 4.79 Å². The number of nitrogens with zero attached hydrogens (tertiary/aromatic N) is 1. The van der Waals surface area contributed by atoms with Crippen molar-refractivity contribution in [1.82, 2.24) is 0 Å². The molecular weight excluding hydrogens is 266 g/mol. The van der Waals surface area contributed by atoms with Crippen LogP contribution in [0.4, 0.5) is 5.69 Å². The average Bonchev–Trinajstić information content (AvgIpc) is 2.31. The maximum atomic E-state index is 11.0. The highest BCUT2D eigenvalue weighted by atomic mass is 79.9. The lowest BCUT2D eigenvalue weighted by Gasteiger charge is -2.24. The van der Waals surface area contributed by atoms with E-state index < -0.39 is 0 Å². The molecule has 0 amide bonds. The molecule has 0 fully saturated rings. The smallest absolute Gasteiger partial charge is 0.152 e. The molecule has 0 aromatic heterocycles. The topological polar surface area (TPSA) is 20.3 Å². The van der Waals surface area contributed by atoms with Gasteiger partial charge in [0.2, 0.25) is 0 Å². The lowest BCUT2D eigenvalue weighted by molar-refractivity contribution is 0.112. The number of benzene rings is 1. The maximum Gasteiger partial charge on any atom is 0.152 e. The Morgan fingerprint density at radius 3 is 2.69 bits per heavy atom. The first-order chi connectivity index (χ1) is 7.72. The van der Waals surface area contributed by atoms with E-state index in [0.29, 0.717) is 0 Å². The summed E-state index contributed by atoms with van der Waals surface area (Å²) in [5, 5.41) is 0. The zero-order valence-corrected chi connectivity index (χ0v) is 11.5. The summed E-state index contributed by atoms with van der Waals surface area (Å²) in [5.41, 5.74) is 1.79. The molecule has 0 radical (unpaired) electrons. The highest BCUT2D eigenvalue weighted by molar-refractivity contribution is 9.10. The van der Waals surface area contributed by atoms with Crippen molar-refractivity contribution in [2.75, 3.05) is 18.0 Å². The fourth-order valence-electron chi connectivity index (χ4n) is 1.71. The Hall–Kier alpha value is -0.830. The van der Waals surface area contributed by atoms with Crippen molar-refractivity contribution in [3.8, 4) is 0 Å². The van der Waals surface area contributed by atoms with Gasteiger partial charge in [0.05, 0.1) is 0 Å². The summed E-state index contributed by atoms with van der Waals surface area (Å²) in [4.78, 5) is 13.3. The molecule has 0 aliphatic heterocycles. The van der Waals surface area contributed by atoms with E-state index in [9.17, 15) is 4.79 Å². The summed E-state index contributed by atoms with van der Waals surface area (Å²) in [6.45, 7) is 6.24. The zero-order valence-electron chi connectivity index (χ0n) is 9.87. The number of carbonyl (C=O) groups excluding carboxylic acids is 1. The minimum absolute atomic E-state index is 0.757. The van der Waals surface area contributed by atoms with Gasteiger partial charge in [-0.1, -0.05) is 29.3 Å². The number of rotatable bonds is 6. The van der Waals surface area contributed by atoms with Crippen LogP contribution in [0.15, 0.2) is 22.7 Å². The second kappa shape index (κ2) is 6.69. The van der Waals surface area contributed by atoms with Gasteiger partial charge in [0.1, 0.15) is 0 Å². The molecule has 0 aliphatic rings. The Morgan fingerprint density at radius 2 is 2.12 bits per heavy atom. The minimum atomic E-state index is 0.757.